The van der Waals surface area contributed by atoms with E-state index in [2.05, 4.69) is 11.8 Å². The van der Waals surface area contributed by atoms with Gasteiger partial charge in [0, 0.05) is 36.5 Å². The van der Waals surface area contributed by atoms with Crippen LogP contribution >= 0.6 is 0 Å². The van der Waals surface area contributed by atoms with Crippen molar-refractivity contribution >= 4 is 17.7 Å². The zero-order chi connectivity index (χ0) is 13.8. The Morgan fingerprint density at radius 3 is 2.84 bits per heavy atom. The topological polar surface area (TPSA) is 63.4 Å². The van der Waals surface area contributed by atoms with E-state index >= 15 is 0 Å². The lowest BCUT2D eigenvalue weighted by molar-refractivity contribution is -0.384. The van der Waals surface area contributed by atoms with Gasteiger partial charge in [-0.3, -0.25) is 14.9 Å². The van der Waals surface area contributed by atoms with Gasteiger partial charge >= 0.3 is 0 Å². The number of benzene rings is 1. The number of nitrogens with zero attached hydrogens (tertiary/aromatic N) is 2. The molecule has 1 aromatic rings. The molecule has 2 rings (SSSR count). The van der Waals surface area contributed by atoms with Gasteiger partial charge in [0.25, 0.3) is 5.69 Å². The van der Waals surface area contributed by atoms with E-state index in [-0.39, 0.29) is 5.69 Å². The van der Waals surface area contributed by atoms with Crippen LogP contribution in [0.2, 0.25) is 0 Å². The van der Waals surface area contributed by atoms with E-state index in [1.165, 1.54) is 18.6 Å². The van der Waals surface area contributed by atoms with Crippen molar-refractivity contribution in [3.8, 4) is 0 Å². The van der Waals surface area contributed by atoms with Gasteiger partial charge in [0.05, 0.1) is 4.92 Å². The van der Waals surface area contributed by atoms with Gasteiger partial charge in [-0.2, -0.15) is 0 Å². The Hall–Kier alpha value is -1.91. The molecule has 1 heterocycles. The minimum Gasteiger partial charge on any atom is -0.371 e. The number of carbonyl (C=O) groups excluding carboxylic acids is 1. The van der Waals surface area contributed by atoms with Gasteiger partial charge in [0.2, 0.25) is 0 Å². The number of anilines is 1. The summed E-state index contributed by atoms with van der Waals surface area (Å²) in [6.45, 7) is 4.04. The highest BCUT2D eigenvalue weighted by molar-refractivity contribution is 5.86. The van der Waals surface area contributed by atoms with E-state index < -0.39 is 4.92 Å². The summed E-state index contributed by atoms with van der Waals surface area (Å²) in [5.41, 5.74) is 1.19. The molecule has 1 aromatic carbocycles. The Morgan fingerprint density at radius 2 is 2.16 bits per heavy atom. The third-order valence-corrected chi connectivity index (χ3v) is 3.71. The number of rotatable bonds is 3. The van der Waals surface area contributed by atoms with Crippen LogP contribution in [0.15, 0.2) is 18.2 Å². The largest absolute Gasteiger partial charge is 0.371 e. The van der Waals surface area contributed by atoms with Crippen molar-refractivity contribution in [1.29, 1.82) is 0 Å². The fourth-order valence-electron chi connectivity index (χ4n) is 2.54. The molecule has 1 unspecified atom stereocenters. The maximum Gasteiger partial charge on any atom is 0.270 e. The molecule has 0 saturated carbocycles. The minimum absolute atomic E-state index is 0.0333. The van der Waals surface area contributed by atoms with Crippen molar-refractivity contribution < 1.29 is 9.72 Å². The standard InChI is InChI=1S/C14H18N2O3/c1-11-3-2-7-15(8-6-11)14-5-4-13(16(18)19)9-12(14)10-17/h4-5,9-11H,2-3,6-8H2,1H3. The maximum atomic E-state index is 11.1. The SMILES string of the molecule is CC1CCCN(c2ccc([N+](=O)[O-])cc2C=O)CC1. The van der Waals surface area contributed by atoms with Crippen molar-refractivity contribution in [3.63, 3.8) is 0 Å². The summed E-state index contributed by atoms with van der Waals surface area (Å²) in [6, 6.07) is 4.52. The maximum absolute atomic E-state index is 11.1. The molecule has 0 radical (unpaired) electrons. The molecule has 5 nitrogen and oxygen atoms in total. The summed E-state index contributed by atoms with van der Waals surface area (Å²) in [6.07, 6.45) is 4.09. The predicted molar refractivity (Wildman–Crippen MR) is 73.7 cm³/mol. The molecule has 0 aromatic heterocycles. The lowest BCUT2D eigenvalue weighted by Gasteiger charge is -2.24. The Balaban J connectivity index is 2.28. The lowest BCUT2D eigenvalue weighted by Crippen LogP contribution is -2.25. The van der Waals surface area contributed by atoms with Gasteiger partial charge in [-0.25, -0.2) is 0 Å². The smallest absolute Gasteiger partial charge is 0.270 e. The molecule has 0 amide bonds. The van der Waals surface area contributed by atoms with Crippen LogP contribution in [0, 0.1) is 16.0 Å². The Labute approximate surface area is 112 Å². The van der Waals surface area contributed by atoms with Crippen molar-refractivity contribution in [2.75, 3.05) is 18.0 Å². The average Bonchev–Trinajstić information content (AvgIpc) is 2.62. The summed E-state index contributed by atoms with van der Waals surface area (Å²) in [5, 5.41) is 10.7. The number of hydrogen-bond donors (Lipinski definition) is 0. The van der Waals surface area contributed by atoms with Crippen LogP contribution in [-0.4, -0.2) is 24.3 Å². The minimum atomic E-state index is -0.471. The molecule has 102 valence electrons. The first kappa shape index (κ1) is 13.5. The molecular weight excluding hydrogens is 244 g/mol. The molecule has 5 heteroatoms. The molecule has 0 spiro atoms. The van der Waals surface area contributed by atoms with Crippen molar-refractivity contribution in [1.82, 2.24) is 0 Å². The number of aldehydes is 1. The third-order valence-electron chi connectivity index (χ3n) is 3.71. The molecule has 19 heavy (non-hydrogen) atoms. The molecule has 0 bridgehead atoms. The van der Waals surface area contributed by atoms with E-state index in [1.54, 1.807) is 6.07 Å². The second-order valence-electron chi connectivity index (χ2n) is 5.14. The number of nitro benzene ring substituents is 1. The van der Waals surface area contributed by atoms with Crippen LogP contribution in [0.3, 0.4) is 0 Å². The number of non-ortho nitro benzene ring substituents is 1. The van der Waals surface area contributed by atoms with Crippen LogP contribution in [0.1, 0.15) is 36.5 Å². The molecular formula is C14H18N2O3. The van der Waals surface area contributed by atoms with Gasteiger partial charge in [-0.15, -0.1) is 0 Å². The van der Waals surface area contributed by atoms with Gasteiger partial charge in [-0.1, -0.05) is 6.92 Å². The first-order valence-electron chi connectivity index (χ1n) is 6.60. The average molecular weight is 262 g/mol. The van der Waals surface area contributed by atoms with E-state index in [0.717, 1.165) is 31.6 Å². The second-order valence-corrected chi connectivity index (χ2v) is 5.14. The second kappa shape index (κ2) is 5.82. The van der Waals surface area contributed by atoms with Gasteiger partial charge < -0.3 is 4.90 Å². The van der Waals surface area contributed by atoms with Gasteiger partial charge in [0.15, 0.2) is 6.29 Å². The molecule has 1 saturated heterocycles. The highest BCUT2D eigenvalue weighted by Crippen LogP contribution is 2.27. The molecule has 1 fully saturated rings. The normalized spacial score (nSPS) is 19.8. The summed E-state index contributed by atoms with van der Waals surface area (Å²) >= 11 is 0. The van der Waals surface area contributed by atoms with Gasteiger partial charge in [-0.05, 0) is 31.2 Å². The van der Waals surface area contributed by atoms with Crippen molar-refractivity contribution in [2.24, 2.45) is 5.92 Å². The van der Waals surface area contributed by atoms with Crippen LogP contribution < -0.4 is 4.90 Å². The number of nitro groups is 1. The monoisotopic (exact) mass is 262 g/mol. The lowest BCUT2D eigenvalue weighted by atomic mass is 10.0. The fraction of sp³-hybridized carbons (Fsp3) is 0.500. The zero-order valence-corrected chi connectivity index (χ0v) is 11.0. The quantitative estimate of drug-likeness (QED) is 0.477. The van der Waals surface area contributed by atoms with Crippen LogP contribution in [0.5, 0.6) is 0 Å². The number of hydrogen-bond acceptors (Lipinski definition) is 4. The Kier molecular flexibility index (Phi) is 4.14. The Bertz CT molecular complexity index is 488. The summed E-state index contributed by atoms with van der Waals surface area (Å²) in [4.78, 5) is 23.6. The zero-order valence-electron chi connectivity index (χ0n) is 11.0. The van der Waals surface area contributed by atoms with Crippen LogP contribution in [-0.2, 0) is 0 Å². The van der Waals surface area contributed by atoms with E-state index in [4.69, 9.17) is 0 Å². The van der Waals surface area contributed by atoms with Crippen molar-refractivity contribution in [2.45, 2.75) is 26.2 Å². The Morgan fingerprint density at radius 1 is 1.37 bits per heavy atom. The first-order chi connectivity index (χ1) is 9.11. The highest BCUT2D eigenvalue weighted by Gasteiger charge is 2.18. The molecule has 1 aliphatic rings. The molecule has 0 aliphatic carbocycles. The van der Waals surface area contributed by atoms with Crippen molar-refractivity contribution in [3.05, 3.63) is 33.9 Å². The van der Waals surface area contributed by atoms with E-state index in [1.807, 2.05) is 0 Å². The first-order valence-corrected chi connectivity index (χ1v) is 6.60. The van der Waals surface area contributed by atoms with Crippen LogP contribution in [0.25, 0.3) is 0 Å². The van der Waals surface area contributed by atoms with E-state index in [9.17, 15) is 14.9 Å². The van der Waals surface area contributed by atoms with Gasteiger partial charge in [0.1, 0.15) is 0 Å². The highest BCUT2D eigenvalue weighted by atomic mass is 16.6. The molecule has 1 aliphatic heterocycles. The summed E-state index contributed by atoms with van der Waals surface area (Å²) in [7, 11) is 0. The fourth-order valence-corrected chi connectivity index (χ4v) is 2.54. The molecule has 0 N–H and O–H groups in total. The number of carbonyl (C=O) groups is 1. The molecule has 1 atom stereocenters. The van der Waals surface area contributed by atoms with Crippen LogP contribution in [0.4, 0.5) is 11.4 Å². The third kappa shape index (κ3) is 3.10. The predicted octanol–water partition coefficient (Wildman–Crippen LogP) is 3.03. The summed E-state index contributed by atoms with van der Waals surface area (Å²) < 4.78 is 0. The van der Waals surface area contributed by atoms with E-state index in [0.29, 0.717) is 17.8 Å². The summed E-state index contributed by atoms with van der Waals surface area (Å²) in [5.74, 6) is 0.697.